The zero-order chi connectivity index (χ0) is 35.8. The van der Waals surface area contributed by atoms with E-state index in [2.05, 4.69) is 63.3 Å². The van der Waals surface area contributed by atoms with Gasteiger partial charge >= 0.3 is 11.6 Å². The molecule has 262 valence electrons. The van der Waals surface area contributed by atoms with E-state index in [4.69, 9.17) is 0 Å². The van der Waals surface area contributed by atoms with Gasteiger partial charge in [0, 0.05) is 60.4 Å². The van der Waals surface area contributed by atoms with Crippen molar-refractivity contribution in [3.05, 3.63) is 146 Å². The second-order valence-electron chi connectivity index (χ2n) is 12.3. The highest BCUT2D eigenvalue weighted by Gasteiger charge is 2.11. The Bertz CT molecular complexity index is 1890. The lowest BCUT2D eigenvalue weighted by molar-refractivity contribution is -0.686. The van der Waals surface area contributed by atoms with E-state index in [1.165, 1.54) is 0 Å². The molecule has 0 bridgehead atoms. The smallest absolute Gasteiger partial charge is 0.350 e. The molecule has 52 heavy (non-hydrogen) atoms. The van der Waals surface area contributed by atoms with E-state index in [-0.39, 0.29) is 0 Å². The maximum absolute atomic E-state index is 4.57. The number of unbranched alkanes of at least 4 members (excludes halogenated alkanes) is 3. The Balaban J connectivity index is 0.938. The number of pyridine rings is 2. The third-order valence-corrected chi connectivity index (χ3v) is 8.58. The first-order valence-corrected chi connectivity index (χ1v) is 17.8. The summed E-state index contributed by atoms with van der Waals surface area (Å²) in [5.74, 6) is 1.68. The van der Waals surface area contributed by atoms with Crippen LogP contribution in [0.2, 0.25) is 0 Å². The Hall–Kier alpha value is -6.42. The summed E-state index contributed by atoms with van der Waals surface area (Å²) in [5, 5.41) is 31.3. The van der Waals surface area contributed by atoms with E-state index in [9.17, 15) is 0 Å². The first kappa shape index (κ1) is 35.4. The van der Waals surface area contributed by atoms with E-state index in [1.807, 2.05) is 148 Å². The Morgan fingerprint density at radius 1 is 0.385 bits per heavy atom. The van der Waals surface area contributed by atoms with Gasteiger partial charge in [-0.25, -0.2) is 9.13 Å². The average Bonchev–Trinajstić information content (AvgIpc) is 3.20. The van der Waals surface area contributed by atoms with E-state index < -0.39 is 0 Å². The third kappa shape index (κ3) is 10.5. The van der Waals surface area contributed by atoms with E-state index >= 15 is 0 Å². The second kappa shape index (κ2) is 18.5. The number of hydrogen-bond donors (Lipinski definition) is 4. The predicted octanol–water partition coefficient (Wildman–Crippen LogP) is 10.9. The van der Waals surface area contributed by atoms with Crippen molar-refractivity contribution in [2.24, 2.45) is 20.5 Å². The summed E-state index contributed by atoms with van der Waals surface area (Å²) in [6.07, 6.45) is 8.51. The van der Waals surface area contributed by atoms with Crippen molar-refractivity contribution in [1.29, 1.82) is 0 Å². The third-order valence-electron chi connectivity index (χ3n) is 8.58. The Morgan fingerprint density at radius 3 is 1.10 bits per heavy atom. The van der Waals surface area contributed by atoms with Crippen LogP contribution in [-0.2, 0) is 13.1 Å². The van der Waals surface area contributed by atoms with Crippen molar-refractivity contribution in [3.8, 4) is 0 Å². The molecule has 0 amide bonds. The van der Waals surface area contributed by atoms with Crippen LogP contribution in [0, 0.1) is 0 Å². The van der Waals surface area contributed by atoms with Crippen molar-refractivity contribution < 1.29 is 9.13 Å². The summed E-state index contributed by atoms with van der Waals surface area (Å²) in [6, 6.07) is 44.4. The quantitative estimate of drug-likeness (QED) is 0.0434. The fraction of sp³-hybridized carbons (Fsp3) is 0.190. The largest absolute Gasteiger partial charge is 0.388 e. The van der Waals surface area contributed by atoms with Crippen molar-refractivity contribution in [2.45, 2.75) is 38.8 Å². The Morgan fingerprint density at radius 2 is 0.731 bits per heavy atom. The van der Waals surface area contributed by atoms with Gasteiger partial charge in [0.2, 0.25) is 0 Å². The molecule has 2 aromatic heterocycles. The molecule has 0 fully saturated rings. The number of nitrogens with zero attached hydrogens (tertiary/aromatic N) is 6. The molecule has 10 nitrogen and oxygen atoms in total. The fourth-order valence-corrected chi connectivity index (χ4v) is 5.63. The molecule has 6 aromatic rings. The fourth-order valence-electron chi connectivity index (χ4n) is 5.63. The number of aryl methyl sites for hydroxylation is 2. The number of benzene rings is 4. The van der Waals surface area contributed by atoms with E-state index in [1.54, 1.807) is 0 Å². The first-order chi connectivity index (χ1) is 25.6. The molecular formula is C42H46N10+2. The highest BCUT2D eigenvalue weighted by Crippen LogP contribution is 2.24. The lowest BCUT2D eigenvalue weighted by Gasteiger charge is -2.07. The molecule has 0 saturated carbocycles. The van der Waals surface area contributed by atoms with Crippen LogP contribution in [0.15, 0.2) is 166 Å². The maximum Gasteiger partial charge on any atom is 0.350 e. The summed E-state index contributed by atoms with van der Waals surface area (Å²) in [7, 11) is 3.83. The van der Waals surface area contributed by atoms with Crippen LogP contribution < -0.4 is 30.4 Å². The lowest BCUT2D eigenvalue weighted by atomic mass is 10.2. The molecule has 2 heterocycles. The van der Waals surface area contributed by atoms with Gasteiger partial charge in [0.1, 0.15) is 11.4 Å². The summed E-state index contributed by atoms with van der Waals surface area (Å²) < 4.78 is 4.34. The molecule has 6 rings (SSSR count). The predicted molar refractivity (Wildman–Crippen MR) is 212 cm³/mol. The minimum atomic E-state index is 0.807. The Kier molecular flexibility index (Phi) is 12.6. The normalized spacial score (nSPS) is 11.2. The van der Waals surface area contributed by atoms with Gasteiger partial charge in [0.05, 0.1) is 35.7 Å². The summed E-state index contributed by atoms with van der Waals surface area (Å²) in [6.45, 7) is 1.78. The molecule has 10 heteroatoms. The highest BCUT2D eigenvalue weighted by molar-refractivity contribution is 5.65. The van der Waals surface area contributed by atoms with Gasteiger partial charge in [-0.05, 0) is 145 Å². The molecule has 0 radical (unpaired) electrons. The van der Waals surface area contributed by atoms with Crippen LogP contribution in [0.3, 0.4) is 0 Å². The molecule has 0 atom stereocenters. The monoisotopic (exact) mass is 690 g/mol. The van der Waals surface area contributed by atoms with Gasteiger partial charge in [0.25, 0.3) is 0 Å². The minimum absolute atomic E-state index is 0.807. The molecule has 0 aliphatic rings. The zero-order valence-corrected chi connectivity index (χ0v) is 29.8. The van der Waals surface area contributed by atoms with Gasteiger partial charge in [-0.2, -0.15) is 0 Å². The number of rotatable bonds is 17. The SMILES string of the molecule is CNc1ccc(Nc2ccc(N=Nc3cccc[n+]3CCCCCC[n+]3ccccc3N=Nc3ccc(Nc4ccc(NC)cc4)cc3)cc2)cc1. The van der Waals surface area contributed by atoms with Gasteiger partial charge < -0.3 is 21.3 Å². The number of nitrogens with one attached hydrogen (secondary N) is 4. The van der Waals surface area contributed by atoms with Crippen LogP contribution in [0.5, 0.6) is 0 Å². The van der Waals surface area contributed by atoms with Crippen LogP contribution >= 0.6 is 0 Å². The van der Waals surface area contributed by atoms with Gasteiger partial charge in [-0.15, -0.1) is 0 Å². The lowest BCUT2D eigenvalue weighted by Crippen LogP contribution is -2.34. The second-order valence-corrected chi connectivity index (χ2v) is 12.3. The standard InChI is InChI=1S/C42H44N10/c1-43-33-13-17-35(18-14-33)45-37-21-25-39(26-22-37)47-49-41-11-5-9-31-51(41)29-7-3-4-8-30-52-32-10-6-12-42(52)50-48-40-27-23-38(24-28-40)46-36-19-15-34(44-2)16-20-36/h5-6,9-28,31-32H,3-4,7-8,29-30H2,1-2H3,(H2,43,44,47,48)/p+2. The van der Waals surface area contributed by atoms with Crippen LogP contribution in [0.1, 0.15) is 25.7 Å². The number of azo groups is 2. The van der Waals surface area contributed by atoms with Crippen molar-refractivity contribution >= 4 is 57.1 Å². The number of anilines is 6. The molecule has 0 saturated heterocycles. The topological polar surface area (TPSA) is 105 Å². The highest BCUT2D eigenvalue weighted by atomic mass is 15.2. The summed E-state index contributed by atoms with van der Waals surface area (Å²) in [4.78, 5) is 0. The zero-order valence-electron chi connectivity index (χ0n) is 29.8. The van der Waals surface area contributed by atoms with Crippen LogP contribution in [-0.4, -0.2) is 14.1 Å². The molecule has 4 aromatic carbocycles. The number of hydrogen-bond acceptors (Lipinski definition) is 8. The van der Waals surface area contributed by atoms with Crippen LogP contribution in [0.4, 0.5) is 57.1 Å². The molecule has 0 aliphatic carbocycles. The van der Waals surface area contributed by atoms with Crippen molar-refractivity contribution in [3.63, 3.8) is 0 Å². The molecular weight excluding hydrogens is 645 g/mol. The van der Waals surface area contributed by atoms with Gasteiger partial charge in [-0.1, -0.05) is 12.1 Å². The van der Waals surface area contributed by atoms with Crippen LogP contribution in [0.25, 0.3) is 0 Å². The van der Waals surface area contributed by atoms with Gasteiger partial charge in [-0.3, -0.25) is 0 Å². The summed E-state index contributed by atoms with van der Waals surface area (Å²) in [5.41, 5.74) is 7.83. The Labute approximate surface area is 306 Å². The summed E-state index contributed by atoms with van der Waals surface area (Å²) >= 11 is 0. The first-order valence-electron chi connectivity index (χ1n) is 17.8. The molecule has 0 unspecified atom stereocenters. The van der Waals surface area contributed by atoms with Crippen molar-refractivity contribution in [2.75, 3.05) is 35.4 Å². The van der Waals surface area contributed by atoms with Crippen molar-refractivity contribution in [1.82, 2.24) is 0 Å². The molecule has 4 N–H and O–H groups in total. The number of aromatic nitrogens is 2. The average molecular weight is 691 g/mol. The minimum Gasteiger partial charge on any atom is -0.388 e. The van der Waals surface area contributed by atoms with E-state index in [0.29, 0.717) is 0 Å². The van der Waals surface area contributed by atoms with Gasteiger partial charge in [0.15, 0.2) is 0 Å². The molecule has 0 spiro atoms. The van der Waals surface area contributed by atoms with E-state index in [0.717, 1.165) is 95.9 Å². The maximum atomic E-state index is 4.57. The molecule has 0 aliphatic heterocycles.